The average molecular weight is 377 g/mol. The second-order valence-electron chi connectivity index (χ2n) is 5.18. The predicted octanol–water partition coefficient (Wildman–Crippen LogP) is 2.64. The van der Waals surface area contributed by atoms with E-state index < -0.39 is 0 Å². The van der Waals surface area contributed by atoms with Gasteiger partial charge in [0.25, 0.3) is 0 Å². The fourth-order valence-corrected chi connectivity index (χ4v) is 2.95. The number of halogens is 1. The molecule has 0 saturated heterocycles. The molecular weight excluding hydrogens is 360 g/mol. The van der Waals surface area contributed by atoms with Crippen LogP contribution in [0.2, 0.25) is 5.02 Å². The van der Waals surface area contributed by atoms with Crippen LogP contribution in [0.25, 0.3) is 0 Å². The first-order valence-electron chi connectivity index (χ1n) is 7.37. The van der Waals surface area contributed by atoms with Crippen molar-refractivity contribution in [2.45, 2.75) is 18.5 Å². The van der Waals surface area contributed by atoms with E-state index in [4.69, 9.17) is 28.3 Å². The molecule has 0 saturated carbocycles. The van der Waals surface area contributed by atoms with Crippen LogP contribution in [0.4, 0.5) is 17.3 Å². The molecule has 0 atom stereocenters. The Morgan fingerprint density at radius 3 is 2.60 bits per heavy atom. The van der Waals surface area contributed by atoms with Crippen molar-refractivity contribution in [2.75, 3.05) is 28.7 Å². The number of hydrogen-bond donors (Lipinski definition) is 2. The first-order chi connectivity index (χ1) is 11.9. The molecule has 0 aliphatic carbocycles. The van der Waals surface area contributed by atoms with Gasteiger partial charge in [-0.15, -0.1) is 0 Å². The van der Waals surface area contributed by atoms with Crippen LogP contribution in [0.1, 0.15) is 12.0 Å². The number of amides is 1. The van der Waals surface area contributed by atoms with Gasteiger partial charge >= 0.3 is 0 Å². The molecule has 1 aromatic carbocycles. The second kappa shape index (κ2) is 8.55. The molecule has 2 rings (SSSR count). The van der Waals surface area contributed by atoms with Crippen molar-refractivity contribution < 1.29 is 4.79 Å². The Labute approximate surface area is 155 Å². The number of carbonyl (C=O) groups is 1. The SMILES string of the molecule is Cc1cc(N(CCC#N)C(=O)CSc2nc(N)cc(N)n2)ccc1Cl. The largest absolute Gasteiger partial charge is 0.383 e. The zero-order valence-corrected chi connectivity index (χ0v) is 15.1. The maximum Gasteiger partial charge on any atom is 0.237 e. The summed E-state index contributed by atoms with van der Waals surface area (Å²) in [5.74, 6) is 0.413. The maximum absolute atomic E-state index is 12.6. The molecule has 0 aliphatic rings. The van der Waals surface area contributed by atoms with E-state index in [2.05, 4.69) is 16.0 Å². The molecule has 2 aromatic rings. The number of rotatable bonds is 6. The van der Waals surface area contributed by atoms with Gasteiger partial charge in [-0.25, -0.2) is 9.97 Å². The van der Waals surface area contributed by atoms with Gasteiger partial charge in [-0.2, -0.15) is 5.26 Å². The fraction of sp³-hybridized carbons (Fsp3) is 0.250. The van der Waals surface area contributed by atoms with E-state index in [0.29, 0.717) is 15.9 Å². The zero-order valence-electron chi connectivity index (χ0n) is 13.6. The molecule has 0 radical (unpaired) electrons. The van der Waals surface area contributed by atoms with Crippen molar-refractivity contribution in [3.8, 4) is 6.07 Å². The zero-order chi connectivity index (χ0) is 18.4. The second-order valence-corrected chi connectivity index (χ2v) is 6.53. The molecule has 0 bridgehead atoms. The topological polar surface area (TPSA) is 122 Å². The van der Waals surface area contributed by atoms with Gasteiger partial charge in [-0.05, 0) is 30.7 Å². The van der Waals surface area contributed by atoms with Crippen LogP contribution in [-0.4, -0.2) is 28.2 Å². The lowest BCUT2D eigenvalue weighted by Gasteiger charge is -2.22. The van der Waals surface area contributed by atoms with Gasteiger partial charge in [0.15, 0.2) is 5.16 Å². The number of nitriles is 1. The molecule has 9 heteroatoms. The van der Waals surface area contributed by atoms with Gasteiger partial charge < -0.3 is 16.4 Å². The fourth-order valence-electron chi connectivity index (χ4n) is 2.09. The quantitative estimate of drug-likeness (QED) is 0.586. The highest BCUT2D eigenvalue weighted by atomic mass is 35.5. The minimum Gasteiger partial charge on any atom is -0.383 e. The number of aryl methyl sites for hydroxylation is 1. The highest BCUT2D eigenvalue weighted by Gasteiger charge is 2.17. The van der Waals surface area contributed by atoms with E-state index in [1.165, 1.54) is 6.07 Å². The number of thioether (sulfide) groups is 1. The molecule has 0 unspecified atom stereocenters. The third-order valence-electron chi connectivity index (χ3n) is 3.27. The Kier molecular flexibility index (Phi) is 6.44. The van der Waals surface area contributed by atoms with Gasteiger partial charge in [0.05, 0.1) is 18.2 Å². The van der Waals surface area contributed by atoms with E-state index in [9.17, 15) is 4.79 Å². The number of carbonyl (C=O) groups excluding carboxylic acids is 1. The number of aromatic nitrogens is 2. The third kappa shape index (κ3) is 5.24. The van der Waals surface area contributed by atoms with E-state index in [0.717, 1.165) is 17.3 Å². The number of nitrogens with two attached hydrogens (primary N) is 2. The summed E-state index contributed by atoms with van der Waals surface area (Å²) in [7, 11) is 0. The highest BCUT2D eigenvalue weighted by molar-refractivity contribution is 7.99. The number of benzene rings is 1. The van der Waals surface area contributed by atoms with Crippen molar-refractivity contribution in [3.63, 3.8) is 0 Å². The van der Waals surface area contributed by atoms with Gasteiger partial charge in [0.1, 0.15) is 11.6 Å². The van der Waals surface area contributed by atoms with Crippen molar-refractivity contribution >= 4 is 46.6 Å². The first-order valence-corrected chi connectivity index (χ1v) is 8.73. The summed E-state index contributed by atoms with van der Waals surface area (Å²) in [6.45, 7) is 2.15. The lowest BCUT2D eigenvalue weighted by molar-refractivity contribution is -0.116. The van der Waals surface area contributed by atoms with Gasteiger partial charge in [0, 0.05) is 23.3 Å². The molecule has 1 amide bonds. The molecule has 130 valence electrons. The van der Waals surface area contributed by atoms with Gasteiger partial charge in [-0.1, -0.05) is 23.4 Å². The molecule has 1 aromatic heterocycles. The summed E-state index contributed by atoms with van der Waals surface area (Å²) in [4.78, 5) is 22.3. The minimum atomic E-state index is -0.174. The smallest absolute Gasteiger partial charge is 0.237 e. The molecule has 1 heterocycles. The van der Waals surface area contributed by atoms with Crippen LogP contribution >= 0.6 is 23.4 Å². The molecule has 0 fully saturated rings. The van der Waals surface area contributed by atoms with Crippen molar-refractivity contribution in [3.05, 3.63) is 34.9 Å². The molecule has 0 spiro atoms. The standard InChI is InChI=1S/C16H17ClN6OS/c1-10-7-11(3-4-12(10)17)23(6-2-5-18)15(24)9-25-16-21-13(19)8-14(20)22-16/h3-4,7-8H,2,6,9H2,1H3,(H4,19,20,21,22). The summed E-state index contributed by atoms with van der Waals surface area (Å²) in [5.41, 5.74) is 12.8. The molecule has 4 N–H and O–H groups in total. The van der Waals surface area contributed by atoms with E-state index in [-0.39, 0.29) is 36.3 Å². The van der Waals surface area contributed by atoms with Crippen LogP contribution in [-0.2, 0) is 4.79 Å². The highest BCUT2D eigenvalue weighted by Crippen LogP contribution is 2.24. The van der Waals surface area contributed by atoms with Crippen LogP contribution in [0.15, 0.2) is 29.4 Å². The Morgan fingerprint density at radius 2 is 2.00 bits per heavy atom. The normalized spacial score (nSPS) is 10.3. The van der Waals surface area contributed by atoms with Gasteiger partial charge in [0.2, 0.25) is 5.91 Å². The number of nitrogens with zero attached hydrogens (tertiary/aromatic N) is 4. The average Bonchev–Trinajstić information content (AvgIpc) is 2.55. The molecule has 25 heavy (non-hydrogen) atoms. The van der Waals surface area contributed by atoms with Crippen molar-refractivity contribution in [1.29, 1.82) is 5.26 Å². The Bertz CT molecular complexity index is 803. The van der Waals surface area contributed by atoms with E-state index >= 15 is 0 Å². The summed E-state index contributed by atoms with van der Waals surface area (Å²) in [5, 5.41) is 9.80. The third-order valence-corrected chi connectivity index (χ3v) is 4.53. The van der Waals surface area contributed by atoms with Crippen LogP contribution in [0.5, 0.6) is 0 Å². The van der Waals surface area contributed by atoms with Crippen LogP contribution in [0.3, 0.4) is 0 Å². The summed E-state index contributed by atoms with van der Waals surface area (Å²) < 4.78 is 0. The number of anilines is 3. The Balaban J connectivity index is 2.15. The molecule has 7 nitrogen and oxygen atoms in total. The summed E-state index contributed by atoms with van der Waals surface area (Å²) in [6.07, 6.45) is 0.222. The molecule has 0 aliphatic heterocycles. The van der Waals surface area contributed by atoms with E-state index in [1.807, 2.05) is 13.0 Å². The van der Waals surface area contributed by atoms with Crippen molar-refractivity contribution in [1.82, 2.24) is 9.97 Å². The Morgan fingerprint density at radius 1 is 1.32 bits per heavy atom. The molecular formula is C16H17ClN6OS. The minimum absolute atomic E-state index is 0.0932. The van der Waals surface area contributed by atoms with Crippen LogP contribution < -0.4 is 16.4 Å². The van der Waals surface area contributed by atoms with E-state index in [1.54, 1.807) is 17.0 Å². The lowest BCUT2D eigenvalue weighted by atomic mass is 10.2. The first kappa shape index (κ1) is 18.8. The Hall–Kier alpha value is -2.50. The van der Waals surface area contributed by atoms with Crippen molar-refractivity contribution in [2.24, 2.45) is 0 Å². The lowest BCUT2D eigenvalue weighted by Crippen LogP contribution is -2.33. The van der Waals surface area contributed by atoms with Crippen LogP contribution in [0, 0.1) is 18.3 Å². The summed E-state index contributed by atoms with van der Waals surface area (Å²) >= 11 is 7.18. The predicted molar refractivity (Wildman–Crippen MR) is 100 cm³/mol. The number of nitrogen functional groups attached to an aromatic ring is 2. The number of hydrogen-bond acceptors (Lipinski definition) is 7. The van der Waals surface area contributed by atoms with Gasteiger partial charge in [-0.3, -0.25) is 4.79 Å². The summed E-state index contributed by atoms with van der Waals surface area (Å²) in [6, 6.07) is 8.80. The monoisotopic (exact) mass is 376 g/mol. The maximum atomic E-state index is 12.6.